The average Bonchev–Trinajstić information content (AvgIpc) is 2.56. The Morgan fingerprint density at radius 3 is 2.08 bits per heavy atom. The number of aliphatic hydroxyl groups excluding tert-OH is 1. The molecule has 2 rings (SSSR count). The molecular weight excluding hydrogens is 328 g/mol. The number of azo groups is 1. The molecule has 0 amide bonds. The highest BCUT2D eigenvalue weighted by atomic mass is 19.4. The molecule has 1 N–H and O–H groups in total. The molecule has 0 atom stereocenters. The number of ketones is 1. The molecule has 0 fully saturated rings. The van der Waals surface area contributed by atoms with Gasteiger partial charge in [0.1, 0.15) is 5.82 Å². The fourth-order valence-electron chi connectivity index (χ4n) is 1.68. The maximum atomic E-state index is 12.8. The van der Waals surface area contributed by atoms with E-state index in [1.54, 1.807) is 6.07 Å². The molecule has 0 spiro atoms. The van der Waals surface area contributed by atoms with Crippen LogP contribution in [0, 0.1) is 5.82 Å². The molecule has 0 unspecified atom stereocenters. The van der Waals surface area contributed by atoms with E-state index in [2.05, 4.69) is 10.2 Å². The van der Waals surface area contributed by atoms with E-state index >= 15 is 0 Å². The summed E-state index contributed by atoms with van der Waals surface area (Å²) in [6.45, 7) is 0. The third-order valence-corrected chi connectivity index (χ3v) is 2.84. The minimum atomic E-state index is -5.24. The number of hydrogen-bond acceptors (Lipinski definition) is 4. The van der Waals surface area contributed by atoms with Crippen LogP contribution in [0.2, 0.25) is 0 Å². The molecular formula is C16H10F4N2O2. The number of halogens is 4. The summed E-state index contributed by atoms with van der Waals surface area (Å²) in [5.41, 5.74) is -1.26. The lowest BCUT2D eigenvalue weighted by molar-refractivity contribution is -0.166. The van der Waals surface area contributed by atoms with Crippen LogP contribution >= 0.6 is 0 Å². The van der Waals surface area contributed by atoms with Crippen LogP contribution in [0.25, 0.3) is 5.76 Å². The summed E-state index contributed by atoms with van der Waals surface area (Å²) in [5, 5.41) is 16.7. The summed E-state index contributed by atoms with van der Waals surface area (Å²) >= 11 is 0. The van der Waals surface area contributed by atoms with E-state index in [4.69, 9.17) is 0 Å². The summed E-state index contributed by atoms with van der Waals surface area (Å²) in [6, 6.07) is 11.5. The predicted octanol–water partition coefficient (Wildman–Crippen LogP) is 4.97. The molecule has 8 heteroatoms. The third-order valence-electron chi connectivity index (χ3n) is 2.84. The van der Waals surface area contributed by atoms with Crippen LogP contribution in [0.4, 0.5) is 23.2 Å². The minimum absolute atomic E-state index is 0.0183. The maximum Gasteiger partial charge on any atom is 0.456 e. The summed E-state index contributed by atoms with van der Waals surface area (Å²) in [4.78, 5) is 11.5. The quantitative estimate of drug-likeness (QED) is 0.370. The first-order chi connectivity index (χ1) is 11.3. The number of hydrogen-bond donors (Lipinski definition) is 1. The average molecular weight is 338 g/mol. The second kappa shape index (κ2) is 7.03. The fraction of sp³-hybridized carbons (Fsp3) is 0.0625. The molecule has 0 aliphatic carbocycles. The molecule has 0 saturated heterocycles. The molecule has 0 aliphatic rings. The van der Waals surface area contributed by atoms with Gasteiger partial charge in [0.2, 0.25) is 0 Å². The van der Waals surface area contributed by atoms with Gasteiger partial charge in [-0.25, -0.2) is 4.39 Å². The second-order valence-electron chi connectivity index (χ2n) is 4.57. The van der Waals surface area contributed by atoms with Crippen molar-refractivity contribution in [3.8, 4) is 0 Å². The van der Waals surface area contributed by atoms with Crippen molar-refractivity contribution in [3.05, 3.63) is 71.7 Å². The van der Waals surface area contributed by atoms with E-state index < -0.39 is 29.2 Å². The zero-order valence-electron chi connectivity index (χ0n) is 12.0. The van der Waals surface area contributed by atoms with Crippen molar-refractivity contribution in [3.63, 3.8) is 0 Å². The molecule has 0 aliphatic heterocycles. The molecule has 2 aromatic carbocycles. The standard InChI is InChI=1S/C16H10F4N2O2/c17-11-6-8-12(9-7-11)21-22-13(15(24)16(18,19)20)14(23)10-4-2-1-3-5-10/h1-9,23H/b14-13+,22-21?. The summed E-state index contributed by atoms with van der Waals surface area (Å²) in [6.07, 6.45) is -5.24. The topological polar surface area (TPSA) is 62.0 Å². The second-order valence-corrected chi connectivity index (χ2v) is 4.57. The Morgan fingerprint density at radius 1 is 0.958 bits per heavy atom. The van der Waals surface area contributed by atoms with E-state index in [-0.39, 0.29) is 11.3 Å². The van der Waals surface area contributed by atoms with Crippen LogP contribution in [-0.4, -0.2) is 17.1 Å². The number of alkyl halides is 3. The van der Waals surface area contributed by atoms with E-state index in [0.717, 1.165) is 24.3 Å². The minimum Gasteiger partial charge on any atom is -0.505 e. The van der Waals surface area contributed by atoms with E-state index in [1.165, 1.54) is 24.3 Å². The first-order valence-electron chi connectivity index (χ1n) is 6.56. The molecule has 0 aromatic heterocycles. The number of carbonyl (C=O) groups excluding carboxylic acids is 1. The van der Waals surface area contributed by atoms with Crippen LogP contribution in [-0.2, 0) is 4.79 Å². The van der Waals surface area contributed by atoms with Crippen molar-refractivity contribution in [1.82, 2.24) is 0 Å². The Bertz CT molecular complexity index is 782. The lowest BCUT2D eigenvalue weighted by atomic mass is 10.1. The smallest absolute Gasteiger partial charge is 0.456 e. The third kappa shape index (κ3) is 4.25. The molecule has 4 nitrogen and oxygen atoms in total. The van der Waals surface area contributed by atoms with E-state index in [9.17, 15) is 27.5 Å². The number of allylic oxidation sites excluding steroid dienone is 1. The Hall–Kier alpha value is -3.03. The Labute approximate surface area is 133 Å². The number of nitrogens with zero attached hydrogens (tertiary/aromatic N) is 2. The summed E-state index contributed by atoms with van der Waals surface area (Å²) in [7, 11) is 0. The SMILES string of the molecule is O=C(/C(N=Nc1ccc(F)cc1)=C(\O)c1ccccc1)C(F)(F)F. The van der Waals surface area contributed by atoms with Crippen molar-refractivity contribution in [2.45, 2.75) is 6.18 Å². The first-order valence-corrected chi connectivity index (χ1v) is 6.56. The van der Waals surface area contributed by atoms with Gasteiger partial charge >= 0.3 is 6.18 Å². The van der Waals surface area contributed by atoms with Gasteiger partial charge in [0.15, 0.2) is 11.5 Å². The Balaban J connectivity index is 2.47. The number of rotatable bonds is 4. The van der Waals surface area contributed by atoms with Crippen LogP contribution < -0.4 is 0 Å². The van der Waals surface area contributed by atoms with Crippen molar-refractivity contribution >= 4 is 17.2 Å². The molecule has 24 heavy (non-hydrogen) atoms. The number of carbonyl (C=O) groups is 1. The van der Waals surface area contributed by atoms with Gasteiger partial charge < -0.3 is 5.11 Å². The van der Waals surface area contributed by atoms with Gasteiger partial charge in [0.05, 0.1) is 5.69 Å². The van der Waals surface area contributed by atoms with E-state index in [1.807, 2.05) is 0 Å². The van der Waals surface area contributed by atoms with Gasteiger partial charge in [-0.3, -0.25) is 4.79 Å². The van der Waals surface area contributed by atoms with Crippen molar-refractivity contribution in [2.75, 3.05) is 0 Å². The van der Waals surface area contributed by atoms with Gasteiger partial charge in [-0.05, 0) is 24.3 Å². The predicted molar refractivity (Wildman–Crippen MR) is 78.0 cm³/mol. The highest BCUT2D eigenvalue weighted by molar-refractivity contribution is 6.04. The molecule has 0 saturated carbocycles. The zero-order chi connectivity index (χ0) is 17.7. The van der Waals surface area contributed by atoms with Gasteiger partial charge in [0.25, 0.3) is 5.78 Å². The molecule has 124 valence electrons. The normalized spacial score (nSPS) is 13.0. The molecule has 0 bridgehead atoms. The van der Waals surface area contributed by atoms with Crippen molar-refractivity contribution in [1.29, 1.82) is 0 Å². The first kappa shape index (κ1) is 17.3. The Kier molecular flexibility index (Phi) is 5.08. The largest absolute Gasteiger partial charge is 0.505 e. The Morgan fingerprint density at radius 2 is 1.54 bits per heavy atom. The van der Waals surface area contributed by atoms with Crippen LogP contribution in [0.5, 0.6) is 0 Å². The number of aliphatic hydroxyl groups is 1. The van der Waals surface area contributed by atoms with Crippen LogP contribution in [0.1, 0.15) is 5.56 Å². The summed E-state index contributed by atoms with van der Waals surface area (Å²) in [5.74, 6) is -3.86. The highest BCUT2D eigenvalue weighted by Gasteiger charge is 2.43. The molecule has 0 heterocycles. The lowest BCUT2D eigenvalue weighted by Crippen LogP contribution is -2.24. The highest BCUT2D eigenvalue weighted by Crippen LogP contribution is 2.27. The van der Waals surface area contributed by atoms with Gasteiger partial charge in [-0.1, -0.05) is 30.3 Å². The molecule has 0 radical (unpaired) electrons. The monoisotopic (exact) mass is 338 g/mol. The molecule has 2 aromatic rings. The van der Waals surface area contributed by atoms with Gasteiger partial charge in [0, 0.05) is 5.56 Å². The number of Topliss-reactive ketones (excluding diaryl/α,β-unsaturated/α-hetero) is 1. The van der Waals surface area contributed by atoms with Crippen LogP contribution in [0.15, 0.2) is 70.5 Å². The van der Waals surface area contributed by atoms with E-state index in [0.29, 0.717) is 0 Å². The number of benzene rings is 2. The maximum absolute atomic E-state index is 12.8. The zero-order valence-corrected chi connectivity index (χ0v) is 12.0. The fourth-order valence-corrected chi connectivity index (χ4v) is 1.68. The lowest BCUT2D eigenvalue weighted by Gasteiger charge is -2.08. The van der Waals surface area contributed by atoms with Crippen molar-refractivity contribution < 1.29 is 27.5 Å². The van der Waals surface area contributed by atoms with Crippen molar-refractivity contribution in [2.24, 2.45) is 10.2 Å². The van der Waals surface area contributed by atoms with Gasteiger partial charge in [-0.15, -0.1) is 5.11 Å². The van der Waals surface area contributed by atoms with Crippen LogP contribution in [0.3, 0.4) is 0 Å². The van der Waals surface area contributed by atoms with Gasteiger partial charge in [-0.2, -0.15) is 18.3 Å². The summed E-state index contributed by atoms with van der Waals surface area (Å²) < 4.78 is 50.9.